The number of carbonyl (C=O) groups is 2. The van der Waals surface area contributed by atoms with Gasteiger partial charge in [0.05, 0.1) is 12.2 Å². The van der Waals surface area contributed by atoms with Crippen LogP contribution in [-0.2, 0) is 4.74 Å². The van der Waals surface area contributed by atoms with Crippen LogP contribution in [0.15, 0.2) is 22.6 Å². The lowest BCUT2D eigenvalue weighted by Gasteiger charge is -1.98. The van der Waals surface area contributed by atoms with Gasteiger partial charge in [0, 0.05) is 11.5 Å². The lowest BCUT2D eigenvalue weighted by atomic mass is 10.1. The fourth-order valence-electron chi connectivity index (χ4n) is 1.64. The minimum Gasteiger partial charge on any atom is -0.460 e. The van der Waals surface area contributed by atoms with Crippen LogP contribution in [0, 0.1) is 5.82 Å². The number of primary amides is 1. The average Bonchev–Trinajstić information content (AvgIpc) is 2.72. The van der Waals surface area contributed by atoms with E-state index in [0.29, 0.717) is 0 Å². The van der Waals surface area contributed by atoms with Crippen molar-refractivity contribution in [3.05, 3.63) is 35.3 Å². The van der Waals surface area contributed by atoms with Crippen molar-refractivity contribution in [2.75, 3.05) is 6.61 Å². The SMILES string of the molecule is CCOC(=O)c1cc2c(C(N)=O)c(F)ccc2o1. The molecule has 0 aliphatic heterocycles. The monoisotopic (exact) mass is 251 g/mol. The predicted molar refractivity (Wildman–Crippen MR) is 60.6 cm³/mol. The molecule has 1 aromatic carbocycles. The highest BCUT2D eigenvalue weighted by Crippen LogP contribution is 2.25. The molecule has 0 bridgehead atoms. The molecule has 1 aromatic heterocycles. The van der Waals surface area contributed by atoms with E-state index in [1.807, 2.05) is 0 Å². The van der Waals surface area contributed by atoms with Crippen LogP contribution in [0.3, 0.4) is 0 Å². The van der Waals surface area contributed by atoms with Gasteiger partial charge in [-0.3, -0.25) is 4.79 Å². The number of carbonyl (C=O) groups excluding carboxylic acids is 2. The molecular weight excluding hydrogens is 241 g/mol. The minimum absolute atomic E-state index is 0.0973. The van der Waals surface area contributed by atoms with Gasteiger partial charge < -0.3 is 14.9 Å². The van der Waals surface area contributed by atoms with Crippen molar-refractivity contribution in [3.8, 4) is 0 Å². The third-order valence-electron chi connectivity index (χ3n) is 2.37. The van der Waals surface area contributed by atoms with Crippen LogP contribution >= 0.6 is 0 Å². The van der Waals surface area contributed by atoms with Crippen LogP contribution in [-0.4, -0.2) is 18.5 Å². The Morgan fingerprint density at radius 2 is 2.17 bits per heavy atom. The van der Waals surface area contributed by atoms with E-state index in [0.717, 1.165) is 6.07 Å². The highest BCUT2D eigenvalue weighted by atomic mass is 19.1. The Labute approximate surface area is 101 Å². The Balaban J connectivity index is 2.61. The van der Waals surface area contributed by atoms with Crippen LogP contribution < -0.4 is 5.73 Å². The molecule has 2 rings (SSSR count). The van der Waals surface area contributed by atoms with Crippen LogP contribution in [0.5, 0.6) is 0 Å². The first-order valence-electron chi connectivity index (χ1n) is 5.23. The van der Waals surface area contributed by atoms with Crippen LogP contribution in [0.4, 0.5) is 4.39 Å². The average molecular weight is 251 g/mol. The van der Waals surface area contributed by atoms with Gasteiger partial charge in [0.2, 0.25) is 5.76 Å². The maximum absolute atomic E-state index is 13.5. The summed E-state index contributed by atoms with van der Waals surface area (Å²) in [5, 5.41) is 0.158. The van der Waals surface area contributed by atoms with Gasteiger partial charge in [-0.05, 0) is 19.1 Å². The summed E-state index contributed by atoms with van der Waals surface area (Å²) in [6.45, 7) is 1.84. The Kier molecular flexibility index (Phi) is 3.01. The molecule has 0 unspecified atom stereocenters. The van der Waals surface area contributed by atoms with E-state index < -0.39 is 17.7 Å². The highest BCUT2D eigenvalue weighted by Gasteiger charge is 2.19. The van der Waals surface area contributed by atoms with Gasteiger partial charge in [0.15, 0.2) is 0 Å². The van der Waals surface area contributed by atoms with Crippen molar-refractivity contribution in [3.63, 3.8) is 0 Å². The zero-order chi connectivity index (χ0) is 13.3. The fraction of sp³-hybridized carbons (Fsp3) is 0.167. The molecule has 1 heterocycles. The van der Waals surface area contributed by atoms with E-state index in [2.05, 4.69) is 0 Å². The van der Waals surface area contributed by atoms with Crippen LogP contribution in [0.25, 0.3) is 11.0 Å². The summed E-state index contributed by atoms with van der Waals surface area (Å²) in [5.41, 5.74) is 4.99. The second kappa shape index (κ2) is 4.48. The molecule has 0 saturated heterocycles. The number of furan rings is 1. The quantitative estimate of drug-likeness (QED) is 0.844. The lowest BCUT2D eigenvalue weighted by Crippen LogP contribution is -2.13. The Hall–Kier alpha value is -2.37. The number of amides is 1. The number of esters is 1. The van der Waals surface area contributed by atoms with Gasteiger partial charge in [-0.1, -0.05) is 0 Å². The molecule has 0 saturated carbocycles. The summed E-state index contributed by atoms with van der Waals surface area (Å²) in [7, 11) is 0. The minimum atomic E-state index is -0.922. The molecule has 6 heteroatoms. The van der Waals surface area contributed by atoms with Gasteiger partial charge in [0.25, 0.3) is 5.91 Å². The fourth-order valence-corrected chi connectivity index (χ4v) is 1.64. The largest absolute Gasteiger partial charge is 0.460 e. The summed E-state index contributed by atoms with van der Waals surface area (Å²) in [5.74, 6) is -2.45. The normalized spacial score (nSPS) is 10.6. The molecule has 0 radical (unpaired) electrons. The van der Waals surface area contributed by atoms with Gasteiger partial charge in [-0.2, -0.15) is 0 Å². The molecule has 2 aromatic rings. The molecular formula is C12H10FNO4. The van der Waals surface area contributed by atoms with Gasteiger partial charge in [0.1, 0.15) is 11.4 Å². The molecule has 0 fully saturated rings. The van der Waals surface area contributed by atoms with Gasteiger partial charge in [-0.25, -0.2) is 9.18 Å². The summed E-state index contributed by atoms with van der Waals surface area (Å²) in [6, 6.07) is 3.62. The van der Waals surface area contributed by atoms with Gasteiger partial charge in [-0.15, -0.1) is 0 Å². The van der Waals surface area contributed by atoms with Crippen LogP contribution in [0.1, 0.15) is 27.8 Å². The first-order valence-corrected chi connectivity index (χ1v) is 5.23. The smallest absolute Gasteiger partial charge is 0.374 e. The molecule has 0 spiro atoms. The van der Waals surface area contributed by atoms with Crippen molar-refractivity contribution in [1.82, 2.24) is 0 Å². The molecule has 5 nitrogen and oxygen atoms in total. The van der Waals surface area contributed by atoms with Crippen molar-refractivity contribution in [2.24, 2.45) is 5.73 Å². The molecule has 0 aliphatic carbocycles. The second-order valence-corrected chi connectivity index (χ2v) is 3.53. The third-order valence-corrected chi connectivity index (χ3v) is 2.37. The second-order valence-electron chi connectivity index (χ2n) is 3.53. The third kappa shape index (κ3) is 1.92. The molecule has 94 valence electrons. The standard InChI is InChI=1S/C12H10FNO4/c1-2-17-12(16)9-5-6-8(18-9)4-3-7(13)10(6)11(14)15/h3-5H,2H2,1H3,(H2,14,15). The first kappa shape index (κ1) is 12.1. The van der Waals surface area contributed by atoms with Crippen LogP contribution in [0.2, 0.25) is 0 Å². The van der Waals surface area contributed by atoms with E-state index in [9.17, 15) is 14.0 Å². The topological polar surface area (TPSA) is 82.5 Å². The lowest BCUT2D eigenvalue weighted by molar-refractivity contribution is 0.0492. The Bertz CT molecular complexity index is 632. The number of benzene rings is 1. The number of nitrogens with two attached hydrogens (primary N) is 1. The summed E-state index contributed by atoms with van der Waals surface area (Å²) >= 11 is 0. The molecule has 18 heavy (non-hydrogen) atoms. The Morgan fingerprint density at radius 3 is 2.78 bits per heavy atom. The van der Waals surface area contributed by atoms with Gasteiger partial charge >= 0.3 is 5.97 Å². The van der Waals surface area contributed by atoms with E-state index in [1.54, 1.807) is 6.92 Å². The predicted octanol–water partition coefficient (Wildman–Crippen LogP) is 1.85. The summed E-state index contributed by atoms with van der Waals surface area (Å²) < 4.78 is 23.4. The molecule has 1 amide bonds. The first-order chi connectivity index (χ1) is 8.54. The number of halogens is 1. The van der Waals surface area contributed by atoms with Crippen molar-refractivity contribution >= 4 is 22.8 Å². The number of fused-ring (bicyclic) bond motifs is 1. The molecule has 2 N–H and O–H groups in total. The maximum atomic E-state index is 13.5. The maximum Gasteiger partial charge on any atom is 0.374 e. The highest BCUT2D eigenvalue weighted by molar-refractivity contribution is 6.07. The van der Waals surface area contributed by atoms with Crippen molar-refractivity contribution in [2.45, 2.75) is 6.92 Å². The zero-order valence-corrected chi connectivity index (χ0v) is 9.53. The van der Waals surface area contributed by atoms with E-state index in [1.165, 1.54) is 12.1 Å². The number of ether oxygens (including phenoxy) is 1. The van der Waals surface area contributed by atoms with E-state index >= 15 is 0 Å². The summed E-state index contributed by atoms with van der Waals surface area (Å²) in [4.78, 5) is 22.6. The van der Waals surface area contributed by atoms with Crippen molar-refractivity contribution in [1.29, 1.82) is 0 Å². The number of hydrogen-bond acceptors (Lipinski definition) is 4. The summed E-state index contributed by atoms with van der Waals surface area (Å²) in [6.07, 6.45) is 0. The van der Waals surface area contributed by atoms with E-state index in [4.69, 9.17) is 14.9 Å². The Morgan fingerprint density at radius 1 is 1.44 bits per heavy atom. The molecule has 0 aliphatic rings. The molecule has 0 atom stereocenters. The number of hydrogen-bond donors (Lipinski definition) is 1. The van der Waals surface area contributed by atoms with E-state index in [-0.39, 0.29) is 28.9 Å². The van der Waals surface area contributed by atoms with Crippen molar-refractivity contribution < 1.29 is 23.1 Å². The number of rotatable bonds is 3. The zero-order valence-electron chi connectivity index (χ0n) is 9.53.